The number of carbonyl (C=O) groups excluding carboxylic acids is 1. The van der Waals surface area contributed by atoms with Gasteiger partial charge in [-0.05, 0) is 31.2 Å². The maximum Gasteiger partial charge on any atom is 0.224 e. The molecule has 4 nitrogen and oxygen atoms in total. The highest BCUT2D eigenvalue weighted by atomic mass is 16.1. The summed E-state index contributed by atoms with van der Waals surface area (Å²) in [6.45, 7) is 3.93. The van der Waals surface area contributed by atoms with Crippen LogP contribution in [0.15, 0.2) is 24.3 Å². The van der Waals surface area contributed by atoms with E-state index in [1.54, 1.807) is 0 Å². The van der Waals surface area contributed by atoms with Crippen LogP contribution in [0, 0.1) is 0 Å². The molecule has 1 aliphatic rings. The highest BCUT2D eigenvalue weighted by Crippen LogP contribution is 2.17. The molecule has 0 radical (unpaired) electrons. The Labute approximate surface area is 102 Å². The van der Waals surface area contributed by atoms with Crippen LogP contribution in [0.25, 0.3) is 0 Å². The lowest BCUT2D eigenvalue weighted by molar-refractivity contribution is -0.115. The lowest BCUT2D eigenvalue weighted by Crippen LogP contribution is -2.22. The highest BCUT2D eigenvalue weighted by Gasteiger charge is 2.13. The van der Waals surface area contributed by atoms with Gasteiger partial charge in [-0.2, -0.15) is 0 Å². The molecule has 1 unspecified atom stereocenters. The van der Waals surface area contributed by atoms with Gasteiger partial charge in [-0.25, -0.2) is 0 Å². The summed E-state index contributed by atoms with van der Waals surface area (Å²) in [6.07, 6.45) is 1.65. The van der Waals surface area contributed by atoms with Crippen LogP contribution in [0.2, 0.25) is 0 Å². The Morgan fingerprint density at radius 3 is 3.00 bits per heavy atom. The largest absolute Gasteiger partial charge is 0.381 e. The van der Waals surface area contributed by atoms with Crippen molar-refractivity contribution in [2.75, 3.05) is 23.7 Å². The predicted molar refractivity (Wildman–Crippen MR) is 70.3 cm³/mol. The molecule has 0 bridgehead atoms. The molecule has 1 fully saturated rings. The Hall–Kier alpha value is -1.55. The molecule has 1 amide bonds. The predicted octanol–water partition coefficient (Wildman–Crippen LogP) is 1.81. The lowest BCUT2D eigenvalue weighted by Gasteiger charge is -2.14. The minimum Gasteiger partial charge on any atom is -0.381 e. The number of hydrogen-bond donors (Lipinski definition) is 3. The van der Waals surface area contributed by atoms with Crippen molar-refractivity contribution in [1.82, 2.24) is 5.32 Å². The van der Waals surface area contributed by atoms with Gasteiger partial charge in [-0.1, -0.05) is 13.0 Å². The summed E-state index contributed by atoms with van der Waals surface area (Å²) in [4.78, 5) is 11.3. The lowest BCUT2D eigenvalue weighted by atomic mass is 10.2. The summed E-state index contributed by atoms with van der Waals surface area (Å²) in [6, 6.07) is 8.36. The molecule has 4 heteroatoms. The minimum absolute atomic E-state index is 0.0460. The molecule has 1 aliphatic heterocycles. The first-order valence-corrected chi connectivity index (χ1v) is 6.15. The van der Waals surface area contributed by atoms with E-state index in [1.165, 1.54) is 0 Å². The summed E-state index contributed by atoms with van der Waals surface area (Å²) in [5.41, 5.74) is 1.92. The molecule has 17 heavy (non-hydrogen) atoms. The smallest absolute Gasteiger partial charge is 0.224 e. The number of benzene rings is 1. The van der Waals surface area contributed by atoms with E-state index in [-0.39, 0.29) is 5.91 Å². The van der Waals surface area contributed by atoms with Crippen molar-refractivity contribution < 1.29 is 4.79 Å². The Balaban J connectivity index is 1.97. The molecule has 0 aromatic heterocycles. The van der Waals surface area contributed by atoms with Gasteiger partial charge in [-0.3, -0.25) is 4.79 Å². The summed E-state index contributed by atoms with van der Waals surface area (Å²) in [5, 5.41) is 9.64. The fourth-order valence-corrected chi connectivity index (χ4v) is 1.95. The second kappa shape index (κ2) is 5.68. The zero-order valence-electron chi connectivity index (χ0n) is 10.1. The first-order chi connectivity index (χ1) is 8.28. The average Bonchev–Trinajstić information content (AvgIpc) is 2.82. The van der Waals surface area contributed by atoms with Crippen LogP contribution in [-0.4, -0.2) is 25.0 Å². The molecule has 92 valence electrons. The fourth-order valence-electron chi connectivity index (χ4n) is 1.95. The molecule has 1 aromatic rings. The number of anilines is 2. The van der Waals surface area contributed by atoms with E-state index in [0.29, 0.717) is 12.5 Å². The SMILES string of the molecule is CCC(=O)Nc1cccc(NC2CCNC2)c1. The van der Waals surface area contributed by atoms with Crippen molar-refractivity contribution in [2.45, 2.75) is 25.8 Å². The summed E-state index contributed by atoms with van der Waals surface area (Å²) in [7, 11) is 0. The third kappa shape index (κ3) is 3.46. The minimum atomic E-state index is 0.0460. The van der Waals surface area contributed by atoms with Gasteiger partial charge in [0.15, 0.2) is 0 Å². The van der Waals surface area contributed by atoms with Crippen LogP contribution in [0.1, 0.15) is 19.8 Å². The third-order valence-corrected chi connectivity index (χ3v) is 2.90. The van der Waals surface area contributed by atoms with E-state index >= 15 is 0 Å². The van der Waals surface area contributed by atoms with E-state index in [9.17, 15) is 4.79 Å². The maximum atomic E-state index is 11.3. The fraction of sp³-hybridized carbons (Fsp3) is 0.462. The zero-order chi connectivity index (χ0) is 12.1. The van der Waals surface area contributed by atoms with Crippen molar-refractivity contribution in [3.05, 3.63) is 24.3 Å². The number of hydrogen-bond acceptors (Lipinski definition) is 3. The van der Waals surface area contributed by atoms with Gasteiger partial charge in [0.2, 0.25) is 5.91 Å². The van der Waals surface area contributed by atoms with Crippen molar-refractivity contribution in [2.24, 2.45) is 0 Å². The molecular weight excluding hydrogens is 214 g/mol. The number of nitrogens with one attached hydrogen (secondary N) is 3. The van der Waals surface area contributed by atoms with Gasteiger partial charge >= 0.3 is 0 Å². The van der Waals surface area contributed by atoms with Gasteiger partial charge in [0.05, 0.1) is 0 Å². The first-order valence-electron chi connectivity index (χ1n) is 6.15. The Morgan fingerprint density at radius 1 is 1.47 bits per heavy atom. The maximum absolute atomic E-state index is 11.3. The molecule has 0 saturated carbocycles. The molecule has 1 aromatic carbocycles. The van der Waals surface area contributed by atoms with Crippen LogP contribution in [0.4, 0.5) is 11.4 Å². The van der Waals surface area contributed by atoms with Gasteiger partial charge < -0.3 is 16.0 Å². The van der Waals surface area contributed by atoms with Crippen LogP contribution in [0.5, 0.6) is 0 Å². The van der Waals surface area contributed by atoms with Crippen LogP contribution in [-0.2, 0) is 4.79 Å². The van der Waals surface area contributed by atoms with Crippen molar-refractivity contribution in [3.63, 3.8) is 0 Å². The Bertz CT molecular complexity index is 386. The molecule has 0 aliphatic carbocycles. The summed E-state index contributed by atoms with van der Waals surface area (Å²) >= 11 is 0. The second-order valence-corrected chi connectivity index (χ2v) is 4.32. The van der Waals surface area contributed by atoms with E-state index in [1.807, 2.05) is 31.2 Å². The van der Waals surface area contributed by atoms with Gasteiger partial charge in [0.1, 0.15) is 0 Å². The van der Waals surface area contributed by atoms with E-state index in [2.05, 4.69) is 16.0 Å². The molecule has 2 rings (SSSR count). The van der Waals surface area contributed by atoms with Gasteiger partial charge in [-0.15, -0.1) is 0 Å². The van der Waals surface area contributed by atoms with E-state index in [4.69, 9.17) is 0 Å². The molecular formula is C13H19N3O. The number of rotatable bonds is 4. The van der Waals surface area contributed by atoms with E-state index < -0.39 is 0 Å². The molecule has 1 saturated heterocycles. The first kappa shape index (κ1) is 11.9. The summed E-state index contributed by atoms with van der Waals surface area (Å²) < 4.78 is 0. The van der Waals surface area contributed by atoms with Crippen LogP contribution >= 0.6 is 0 Å². The molecule has 1 atom stereocenters. The Kier molecular flexibility index (Phi) is 3.98. The Morgan fingerprint density at radius 2 is 2.29 bits per heavy atom. The zero-order valence-corrected chi connectivity index (χ0v) is 10.1. The van der Waals surface area contributed by atoms with Crippen LogP contribution < -0.4 is 16.0 Å². The van der Waals surface area contributed by atoms with Crippen molar-refractivity contribution in [3.8, 4) is 0 Å². The molecule has 3 N–H and O–H groups in total. The quantitative estimate of drug-likeness (QED) is 0.743. The van der Waals surface area contributed by atoms with Gasteiger partial charge in [0.25, 0.3) is 0 Å². The summed E-state index contributed by atoms with van der Waals surface area (Å²) in [5.74, 6) is 0.0460. The monoisotopic (exact) mass is 233 g/mol. The molecule has 0 spiro atoms. The topological polar surface area (TPSA) is 53.2 Å². The number of amides is 1. The van der Waals surface area contributed by atoms with Gasteiger partial charge in [0, 0.05) is 30.4 Å². The van der Waals surface area contributed by atoms with Crippen molar-refractivity contribution in [1.29, 1.82) is 0 Å². The third-order valence-electron chi connectivity index (χ3n) is 2.90. The average molecular weight is 233 g/mol. The van der Waals surface area contributed by atoms with E-state index in [0.717, 1.165) is 30.9 Å². The normalized spacial score (nSPS) is 19.0. The molecule has 1 heterocycles. The van der Waals surface area contributed by atoms with Crippen LogP contribution in [0.3, 0.4) is 0 Å². The highest BCUT2D eigenvalue weighted by molar-refractivity contribution is 5.90. The number of carbonyl (C=O) groups is 1. The second-order valence-electron chi connectivity index (χ2n) is 4.32. The van der Waals surface area contributed by atoms with Crippen molar-refractivity contribution >= 4 is 17.3 Å². The standard InChI is InChI=1S/C13H19N3O/c1-2-13(17)16-11-5-3-4-10(8-11)15-12-6-7-14-9-12/h3-5,8,12,14-15H,2,6-7,9H2,1H3,(H,16,17).